The lowest BCUT2D eigenvalue weighted by atomic mass is 9.87. The van der Waals surface area contributed by atoms with E-state index in [1.165, 1.54) is 25.0 Å². The second kappa shape index (κ2) is 5.61. The minimum Gasteiger partial charge on any atom is -0.506 e. The molecule has 4 heteroatoms. The Kier molecular flexibility index (Phi) is 4.12. The van der Waals surface area contributed by atoms with Crippen LogP contribution in [0.3, 0.4) is 0 Å². The van der Waals surface area contributed by atoms with Crippen LogP contribution < -0.4 is 5.32 Å². The summed E-state index contributed by atoms with van der Waals surface area (Å²) in [6, 6.07) is 4.79. The zero-order valence-corrected chi connectivity index (χ0v) is 11.2. The maximum Gasteiger partial charge on any atom is 0.251 e. The highest BCUT2D eigenvalue weighted by Crippen LogP contribution is 2.25. The van der Waals surface area contributed by atoms with Crippen molar-refractivity contribution in [3.8, 4) is 5.75 Å². The Morgan fingerprint density at radius 1 is 1.44 bits per heavy atom. The Morgan fingerprint density at radius 2 is 2.22 bits per heavy atom. The first kappa shape index (κ1) is 13.2. The van der Waals surface area contributed by atoms with Gasteiger partial charge in [-0.25, -0.2) is 0 Å². The van der Waals surface area contributed by atoms with Gasteiger partial charge in [0.1, 0.15) is 5.75 Å². The standard InChI is InChI=1S/C14H18ClNO2/c1-9-3-2-4-11(7-9)16-14(18)10-5-6-13(17)12(15)8-10/h5-6,8-9,11,17H,2-4,7H2,1H3,(H,16,18). The van der Waals surface area contributed by atoms with Crippen LogP contribution in [0.25, 0.3) is 0 Å². The van der Waals surface area contributed by atoms with Crippen molar-refractivity contribution in [3.05, 3.63) is 28.8 Å². The fraction of sp³-hybridized carbons (Fsp3) is 0.500. The molecule has 0 heterocycles. The number of amides is 1. The van der Waals surface area contributed by atoms with Crippen LogP contribution in [0.1, 0.15) is 43.0 Å². The molecule has 1 amide bonds. The number of halogens is 1. The lowest BCUT2D eigenvalue weighted by molar-refractivity contribution is 0.0921. The Labute approximate surface area is 112 Å². The molecular formula is C14H18ClNO2. The minimum atomic E-state index is -0.115. The van der Waals surface area contributed by atoms with Gasteiger partial charge in [-0.05, 0) is 37.0 Å². The highest BCUT2D eigenvalue weighted by molar-refractivity contribution is 6.32. The SMILES string of the molecule is CC1CCCC(NC(=O)c2ccc(O)c(Cl)c2)C1. The fourth-order valence-corrected chi connectivity index (χ4v) is 2.66. The minimum absolute atomic E-state index is 0.000458. The van der Waals surface area contributed by atoms with Gasteiger partial charge in [-0.15, -0.1) is 0 Å². The third kappa shape index (κ3) is 3.16. The molecular weight excluding hydrogens is 250 g/mol. The summed E-state index contributed by atoms with van der Waals surface area (Å²) in [5.74, 6) is 0.558. The van der Waals surface area contributed by atoms with Crippen molar-refractivity contribution in [2.45, 2.75) is 38.6 Å². The summed E-state index contributed by atoms with van der Waals surface area (Å²) in [5.41, 5.74) is 0.496. The normalized spacial score (nSPS) is 23.7. The third-order valence-corrected chi connectivity index (χ3v) is 3.78. The number of carbonyl (C=O) groups excluding carboxylic acids is 1. The van der Waals surface area contributed by atoms with E-state index in [4.69, 9.17) is 11.6 Å². The van der Waals surface area contributed by atoms with Crippen LogP contribution in [0.15, 0.2) is 18.2 Å². The molecule has 2 atom stereocenters. The molecule has 0 bridgehead atoms. The molecule has 0 aromatic heterocycles. The van der Waals surface area contributed by atoms with Crippen LogP contribution in [0.2, 0.25) is 5.02 Å². The third-order valence-electron chi connectivity index (χ3n) is 3.48. The molecule has 18 heavy (non-hydrogen) atoms. The molecule has 0 spiro atoms. The maximum atomic E-state index is 12.0. The molecule has 2 N–H and O–H groups in total. The van der Waals surface area contributed by atoms with Gasteiger partial charge in [0.25, 0.3) is 5.91 Å². The number of aromatic hydroxyl groups is 1. The quantitative estimate of drug-likeness (QED) is 0.863. The molecule has 1 aliphatic rings. The van der Waals surface area contributed by atoms with Gasteiger partial charge in [-0.3, -0.25) is 4.79 Å². The lowest BCUT2D eigenvalue weighted by Gasteiger charge is -2.27. The first-order valence-corrected chi connectivity index (χ1v) is 6.73. The number of nitrogens with one attached hydrogen (secondary N) is 1. The lowest BCUT2D eigenvalue weighted by Crippen LogP contribution is -2.37. The van der Waals surface area contributed by atoms with E-state index in [0.717, 1.165) is 12.8 Å². The molecule has 1 aliphatic carbocycles. The van der Waals surface area contributed by atoms with Crippen molar-refractivity contribution in [3.63, 3.8) is 0 Å². The molecule has 1 fully saturated rings. The van der Waals surface area contributed by atoms with Crippen molar-refractivity contribution < 1.29 is 9.90 Å². The summed E-state index contributed by atoms with van der Waals surface area (Å²) >= 11 is 5.79. The van der Waals surface area contributed by atoms with E-state index in [1.807, 2.05) is 0 Å². The Morgan fingerprint density at radius 3 is 2.89 bits per heavy atom. The Hall–Kier alpha value is -1.22. The number of hydrogen-bond acceptors (Lipinski definition) is 2. The monoisotopic (exact) mass is 267 g/mol. The van der Waals surface area contributed by atoms with Crippen molar-refractivity contribution >= 4 is 17.5 Å². The molecule has 2 unspecified atom stereocenters. The van der Waals surface area contributed by atoms with E-state index in [-0.39, 0.29) is 22.7 Å². The summed E-state index contributed by atoms with van der Waals surface area (Å²) in [6.07, 6.45) is 4.50. The number of phenols is 1. The molecule has 0 radical (unpaired) electrons. The summed E-state index contributed by atoms with van der Waals surface area (Å²) in [7, 11) is 0. The van der Waals surface area contributed by atoms with Gasteiger partial charge in [0, 0.05) is 11.6 Å². The average molecular weight is 268 g/mol. The van der Waals surface area contributed by atoms with Crippen LogP contribution in [0.4, 0.5) is 0 Å². The average Bonchev–Trinajstić information content (AvgIpc) is 2.32. The van der Waals surface area contributed by atoms with Gasteiger partial charge in [-0.1, -0.05) is 31.4 Å². The first-order chi connectivity index (χ1) is 8.56. The summed E-state index contributed by atoms with van der Waals surface area (Å²) in [6.45, 7) is 2.22. The van der Waals surface area contributed by atoms with E-state index in [1.54, 1.807) is 6.07 Å². The molecule has 1 aromatic rings. The van der Waals surface area contributed by atoms with Crippen LogP contribution in [-0.4, -0.2) is 17.1 Å². The number of rotatable bonds is 2. The first-order valence-electron chi connectivity index (χ1n) is 6.35. The van der Waals surface area contributed by atoms with Crippen LogP contribution in [0, 0.1) is 5.92 Å². The number of carbonyl (C=O) groups is 1. The van der Waals surface area contributed by atoms with Crippen LogP contribution in [0.5, 0.6) is 5.75 Å². The van der Waals surface area contributed by atoms with Crippen LogP contribution >= 0.6 is 11.6 Å². The molecule has 1 saturated carbocycles. The van der Waals surface area contributed by atoms with Crippen LogP contribution in [-0.2, 0) is 0 Å². The van der Waals surface area contributed by atoms with Crippen molar-refractivity contribution in [2.24, 2.45) is 5.92 Å². The highest BCUT2D eigenvalue weighted by Gasteiger charge is 2.21. The van der Waals surface area contributed by atoms with Gasteiger partial charge < -0.3 is 10.4 Å². The summed E-state index contributed by atoms with van der Waals surface area (Å²) in [5, 5.41) is 12.6. The second-order valence-electron chi connectivity index (χ2n) is 5.11. The predicted octanol–water partition coefficient (Wildman–Crippen LogP) is 3.35. The van der Waals surface area contributed by atoms with E-state index >= 15 is 0 Å². The zero-order valence-electron chi connectivity index (χ0n) is 10.4. The Bertz CT molecular complexity index is 447. The van der Waals surface area contributed by atoms with Crippen molar-refractivity contribution in [1.82, 2.24) is 5.32 Å². The molecule has 2 rings (SSSR count). The Balaban J connectivity index is 2.00. The smallest absolute Gasteiger partial charge is 0.251 e. The number of benzene rings is 1. The van der Waals surface area contributed by atoms with Gasteiger partial charge in [0.15, 0.2) is 0 Å². The molecule has 1 aromatic carbocycles. The largest absolute Gasteiger partial charge is 0.506 e. The van der Waals surface area contributed by atoms with E-state index in [9.17, 15) is 9.90 Å². The predicted molar refractivity (Wildman–Crippen MR) is 72.0 cm³/mol. The summed E-state index contributed by atoms with van der Waals surface area (Å²) in [4.78, 5) is 12.0. The topological polar surface area (TPSA) is 49.3 Å². The molecule has 98 valence electrons. The number of hydrogen-bond donors (Lipinski definition) is 2. The van der Waals surface area contributed by atoms with Crippen molar-refractivity contribution in [2.75, 3.05) is 0 Å². The second-order valence-corrected chi connectivity index (χ2v) is 5.52. The van der Waals surface area contributed by atoms with Gasteiger partial charge in [0.05, 0.1) is 5.02 Å². The number of phenolic OH excluding ortho intramolecular Hbond substituents is 1. The van der Waals surface area contributed by atoms with Gasteiger partial charge in [0.2, 0.25) is 0 Å². The van der Waals surface area contributed by atoms with E-state index < -0.39 is 0 Å². The maximum absolute atomic E-state index is 12.0. The highest BCUT2D eigenvalue weighted by atomic mass is 35.5. The molecule has 0 saturated heterocycles. The molecule has 0 aliphatic heterocycles. The van der Waals surface area contributed by atoms with E-state index in [0.29, 0.717) is 11.5 Å². The van der Waals surface area contributed by atoms with Gasteiger partial charge in [-0.2, -0.15) is 0 Å². The van der Waals surface area contributed by atoms with E-state index in [2.05, 4.69) is 12.2 Å². The zero-order chi connectivity index (χ0) is 13.1. The molecule has 3 nitrogen and oxygen atoms in total. The van der Waals surface area contributed by atoms with Gasteiger partial charge >= 0.3 is 0 Å². The summed E-state index contributed by atoms with van der Waals surface area (Å²) < 4.78 is 0. The fourth-order valence-electron chi connectivity index (χ4n) is 2.48. The van der Waals surface area contributed by atoms with Crippen molar-refractivity contribution in [1.29, 1.82) is 0 Å².